The lowest BCUT2D eigenvalue weighted by Crippen LogP contribution is -2.35. The summed E-state index contributed by atoms with van der Waals surface area (Å²) in [4.78, 5) is 2.40. The molecule has 0 aromatic heterocycles. The number of halogens is 1. The number of anilines is 1. The van der Waals surface area contributed by atoms with Gasteiger partial charge in [-0.1, -0.05) is 6.58 Å². The Morgan fingerprint density at radius 2 is 2.11 bits per heavy atom. The average molecular weight is 257 g/mol. The van der Waals surface area contributed by atoms with Crippen molar-refractivity contribution in [2.24, 2.45) is 11.3 Å². The summed E-state index contributed by atoms with van der Waals surface area (Å²) < 4.78 is 13.8. The third-order valence-corrected chi connectivity index (χ3v) is 5.11. The zero-order valence-electron chi connectivity index (χ0n) is 11.5. The molecule has 0 N–H and O–H groups in total. The Labute approximate surface area is 114 Å². The van der Waals surface area contributed by atoms with Crippen molar-refractivity contribution in [3.8, 4) is 0 Å². The number of nitrogens with zero attached hydrogens (tertiary/aromatic N) is 1. The van der Waals surface area contributed by atoms with Crippen LogP contribution in [0.3, 0.4) is 0 Å². The molecule has 2 fully saturated rings. The number of aryl methyl sites for hydroxylation is 1. The smallest absolute Gasteiger partial charge is 0.126 e. The molecule has 1 spiro atoms. The summed E-state index contributed by atoms with van der Waals surface area (Å²) in [5.74, 6) is 0.761. The van der Waals surface area contributed by atoms with E-state index in [9.17, 15) is 4.39 Å². The predicted octanol–water partition coefficient (Wildman–Crippen LogP) is 4.20. The van der Waals surface area contributed by atoms with Crippen molar-refractivity contribution in [3.63, 3.8) is 0 Å². The molecular weight excluding hydrogens is 237 g/mol. The summed E-state index contributed by atoms with van der Waals surface area (Å²) >= 11 is 0. The highest BCUT2D eigenvalue weighted by molar-refractivity contribution is 5.65. The molecule has 0 atom stereocenters. The van der Waals surface area contributed by atoms with Crippen LogP contribution in [0.2, 0.25) is 0 Å². The molecule has 1 aromatic carbocycles. The van der Waals surface area contributed by atoms with Crippen LogP contribution in [0.25, 0.3) is 0 Å². The van der Waals surface area contributed by atoms with E-state index in [1.807, 2.05) is 13.0 Å². The van der Waals surface area contributed by atoms with Gasteiger partial charge in [-0.2, -0.15) is 0 Å². The van der Waals surface area contributed by atoms with Gasteiger partial charge in [0.15, 0.2) is 0 Å². The van der Waals surface area contributed by atoms with E-state index in [1.54, 1.807) is 6.07 Å². The highest BCUT2D eigenvalue weighted by Crippen LogP contribution is 2.59. The third-order valence-electron chi connectivity index (χ3n) is 5.11. The summed E-state index contributed by atoms with van der Waals surface area (Å²) in [7, 11) is 0. The second kappa shape index (κ2) is 3.62. The molecule has 2 heteroatoms. The zero-order chi connectivity index (χ0) is 13.2. The van der Waals surface area contributed by atoms with Gasteiger partial charge in [0.25, 0.3) is 0 Å². The fourth-order valence-electron chi connectivity index (χ4n) is 3.38. The Morgan fingerprint density at radius 3 is 2.74 bits per heavy atom. The molecule has 0 unspecified atom stereocenters. The number of hydrogen-bond acceptors (Lipinski definition) is 1. The van der Waals surface area contributed by atoms with Crippen LogP contribution in [-0.4, -0.2) is 6.54 Å². The lowest BCUT2D eigenvalue weighted by molar-refractivity contribution is 0.538. The summed E-state index contributed by atoms with van der Waals surface area (Å²) in [6.07, 6.45) is 6.11. The first-order valence-electron chi connectivity index (χ1n) is 7.35. The van der Waals surface area contributed by atoms with Crippen molar-refractivity contribution in [2.75, 3.05) is 11.4 Å². The Balaban J connectivity index is 1.80. The van der Waals surface area contributed by atoms with Crippen molar-refractivity contribution in [1.82, 2.24) is 0 Å². The van der Waals surface area contributed by atoms with Gasteiger partial charge < -0.3 is 4.90 Å². The number of rotatable bonds is 2. The van der Waals surface area contributed by atoms with E-state index >= 15 is 0 Å². The van der Waals surface area contributed by atoms with Gasteiger partial charge in [0.1, 0.15) is 5.82 Å². The van der Waals surface area contributed by atoms with Gasteiger partial charge in [0.05, 0.1) is 0 Å². The molecule has 1 heterocycles. The quantitative estimate of drug-likeness (QED) is 0.767. The van der Waals surface area contributed by atoms with Crippen LogP contribution in [0.5, 0.6) is 0 Å². The maximum absolute atomic E-state index is 13.8. The van der Waals surface area contributed by atoms with Gasteiger partial charge in [0.2, 0.25) is 0 Å². The Morgan fingerprint density at radius 1 is 1.37 bits per heavy atom. The fraction of sp³-hybridized carbons (Fsp3) is 0.529. The summed E-state index contributed by atoms with van der Waals surface area (Å²) in [5.41, 5.74) is 4.71. The molecule has 1 aliphatic heterocycles. The summed E-state index contributed by atoms with van der Waals surface area (Å²) in [6, 6.07) is 3.78. The topological polar surface area (TPSA) is 3.24 Å². The van der Waals surface area contributed by atoms with E-state index in [0.717, 1.165) is 24.4 Å². The second-order valence-electron chi connectivity index (χ2n) is 6.69. The van der Waals surface area contributed by atoms with E-state index in [1.165, 1.54) is 42.6 Å². The first kappa shape index (κ1) is 11.5. The number of allylic oxidation sites excluding steroid dienone is 1. The molecule has 3 aliphatic rings. The lowest BCUT2D eigenvalue weighted by atomic mass is 9.86. The van der Waals surface area contributed by atoms with Crippen molar-refractivity contribution in [3.05, 3.63) is 41.4 Å². The van der Waals surface area contributed by atoms with Crippen LogP contribution in [-0.2, 0) is 6.42 Å². The van der Waals surface area contributed by atoms with E-state index in [0.29, 0.717) is 0 Å². The molecule has 19 heavy (non-hydrogen) atoms. The van der Waals surface area contributed by atoms with E-state index < -0.39 is 0 Å². The summed E-state index contributed by atoms with van der Waals surface area (Å²) in [5, 5.41) is 0. The average Bonchev–Trinajstić information content (AvgIpc) is 3.25. The normalized spacial score (nSPS) is 23.7. The highest BCUT2D eigenvalue weighted by atomic mass is 19.1. The molecule has 0 radical (unpaired) electrons. The maximum atomic E-state index is 13.8. The minimum atomic E-state index is -0.0616. The van der Waals surface area contributed by atoms with Gasteiger partial charge in [-0.15, -0.1) is 0 Å². The molecule has 0 amide bonds. The Kier molecular flexibility index (Phi) is 2.19. The van der Waals surface area contributed by atoms with Crippen LogP contribution in [0, 0.1) is 24.1 Å². The van der Waals surface area contributed by atoms with Crippen molar-refractivity contribution in [2.45, 2.75) is 39.0 Å². The molecule has 2 aliphatic carbocycles. The van der Waals surface area contributed by atoms with Gasteiger partial charge in [0, 0.05) is 23.3 Å². The van der Waals surface area contributed by atoms with Crippen molar-refractivity contribution < 1.29 is 4.39 Å². The third kappa shape index (κ3) is 1.73. The predicted molar refractivity (Wildman–Crippen MR) is 75.7 cm³/mol. The largest absolute Gasteiger partial charge is 0.345 e. The van der Waals surface area contributed by atoms with E-state index in [2.05, 4.69) is 11.5 Å². The SMILES string of the molecule is C=C1N(CC2CC2)c2cc(C)c(F)cc2CC12CC2. The molecule has 1 aromatic rings. The molecule has 4 rings (SSSR count). The van der Waals surface area contributed by atoms with Gasteiger partial charge in [-0.3, -0.25) is 0 Å². The molecular formula is C17H20FN. The van der Waals surface area contributed by atoms with Gasteiger partial charge in [-0.25, -0.2) is 4.39 Å². The van der Waals surface area contributed by atoms with Crippen LogP contribution in [0.4, 0.5) is 10.1 Å². The standard InChI is InChI=1S/C17H20FN/c1-11-7-16-14(8-15(11)18)9-17(5-6-17)12(2)19(16)10-13-3-4-13/h7-8,13H,2-6,9-10H2,1H3. The monoisotopic (exact) mass is 257 g/mol. The Bertz CT molecular complexity index is 567. The highest BCUT2D eigenvalue weighted by Gasteiger charge is 2.51. The fourth-order valence-corrected chi connectivity index (χ4v) is 3.38. The number of benzene rings is 1. The zero-order valence-corrected chi connectivity index (χ0v) is 11.5. The second-order valence-corrected chi connectivity index (χ2v) is 6.69. The number of fused-ring (bicyclic) bond motifs is 1. The molecule has 0 bridgehead atoms. The van der Waals surface area contributed by atoms with Gasteiger partial charge in [-0.05, 0) is 68.2 Å². The van der Waals surface area contributed by atoms with Gasteiger partial charge >= 0.3 is 0 Å². The van der Waals surface area contributed by atoms with E-state index in [-0.39, 0.29) is 11.2 Å². The first-order chi connectivity index (χ1) is 9.09. The van der Waals surface area contributed by atoms with Crippen molar-refractivity contribution >= 4 is 5.69 Å². The minimum absolute atomic E-state index is 0.0616. The van der Waals surface area contributed by atoms with Crippen LogP contribution in [0.15, 0.2) is 24.4 Å². The molecule has 0 saturated heterocycles. The molecule has 2 saturated carbocycles. The lowest BCUT2D eigenvalue weighted by Gasteiger charge is -2.39. The first-order valence-corrected chi connectivity index (χ1v) is 7.35. The van der Waals surface area contributed by atoms with Crippen LogP contribution >= 0.6 is 0 Å². The minimum Gasteiger partial charge on any atom is -0.345 e. The maximum Gasteiger partial charge on any atom is 0.126 e. The van der Waals surface area contributed by atoms with Crippen LogP contribution < -0.4 is 4.90 Å². The van der Waals surface area contributed by atoms with Crippen molar-refractivity contribution in [1.29, 1.82) is 0 Å². The Hall–Kier alpha value is -1.31. The van der Waals surface area contributed by atoms with Crippen LogP contribution in [0.1, 0.15) is 36.8 Å². The summed E-state index contributed by atoms with van der Waals surface area (Å²) in [6.45, 7) is 7.31. The molecule has 100 valence electrons. The van der Waals surface area contributed by atoms with E-state index in [4.69, 9.17) is 0 Å². The molecule has 1 nitrogen and oxygen atoms in total. The number of hydrogen-bond donors (Lipinski definition) is 0.